The maximum absolute atomic E-state index is 11.9. The van der Waals surface area contributed by atoms with Crippen LogP contribution in [0.25, 0.3) is 0 Å². The Morgan fingerprint density at radius 3 is 2.32 bits per heavy atom. The minimum absolute atomic E-state index is 0.247. The highest BCUT2D eigenvalue weighted by atomic mass is 16.2. The van der Waals surface area contributed by atoms with Crippen LogP contribution in [0.2, 0.25) is 0 Å². The highest BCUT2D eigenvalue weighted by Crippen LogP contribution is 2.10. The number of primary amides is 1. The number of carbonyl (C=O) groups is 3. The molecule has 0 aliphatic heterocycles. The zero-order chi connectivity index (χ0) is 20.5. The lowest BCUT2D eigenvalue weighted by Gasteiger charge is -2.16. The molecule has 0 saturated heterocycles. The highest BCUT2D eigenvalue weighted by molar-refractivity contribution is 5.88. The summed E-state index contributed by atoms with van der Waals surface area (Å²) in [6, 6.07) is 13.2. The number of anilines is 1. The van der Waals surface area contributed by atoms with Gasteiger partial charge in [-0.15, -0.1) is 0 Å². The first-order chi connectivity index (χ1) is 13.4. The second kappa shape index (κ2) is 9.78. The lowest BCUT2D eigenvalue weighted by molar-refractivity contribution is -0.127. The van der Waals surface area contributed by atoms with E-state index in [9.17, 15) is 14.4 Å². The Balaban J connectivity index is 2.09. The van der Waals surface area contributed by atoms with E-state index in [0.29, 0.717) is 12.1 Å². The standard InChI is InChI=1S/C21H22N4O3/c1-14(26)24-19(20(27)23-2)13-17-10-7-15(8-11-17)6-9-16-4-3-5-18(12-16)25-21(22)28/h3-5,7-8,10-12,19H,13H2,1-2H3,(H,23,27)(H,24,26)(H3,22,25,28). The molecule has 7 heteroatoms. The zero-order valence-corrected chi connectivity index (χ0v) is 15.7. The molecule has 2 rings (SSSR count). The third-order valence-corrected chi connectivity index (χ3v) is 3.82. The van der Waals surface area contributed by atoms with Crippen LogP contribution in [-0.2, 0) is 16.0 Å². The minimum atomic E-state index is -0.630. The van der Waals surface area contributed by atoms with E-state index in [1.807, 2.05) is 30.3 Å². The molecule has 7 nitrogen and oxygen atoms in total. The van der Waals surface area contributed by atoms with E-state index in [2.05, 4.69) is 27.8 Å². The van der Waals surface area contributed by atoms with Gasteiger partial charge in [-0.2, -0.15) is 0 Å². The van der Waals surface area contributed by atoms with Crippen LogP contribution in [0.3, 0.4) is 0 Å². The smallest absolute Gasteiger partial charge is 0.316 e. The molecule has 2 aromatic rings. The van der Waals surface area contributed by atoms with Crippen LogP contribution in [0.4, 0.5) is 10.5 Å². The van der Waals surface area contributed by atoms with Crippen LogP contribution >= 0.6 is 0 Å². The molecular formula is C21H22N4O3. The van der Waals surface area contributed by atoms with E-state index in [1.54, 1.807) is 18.2 Å². The Hall–Kier alpha value is -3.79. The average Bonchev–Trinajstić information content (AvgIpc) is 2.65. The van der Waals surface area contributed by atoms with Gasteiger partial charge in [0, 0.05) is 37.2 Å². The highest BCUT2D eigenvalue weighted by Gasteiger charge is 2.18. The lowest BCUT2D eigenvalue weighted by Crippen LogP contribution is -2.46. The molecule has 2 aromatic carbocycles. The summed E-state index contributed by atoms with van der Waals surface area (Å²) in [7, 11) is 1.53. The van der Waals surface area contributed by atoms with Crippen LogP contribution in [0, 0.1) is 11.8 Å². The molecule has 4 amide bonds. The summed E-state index contributed by atoms with van der Waals surface area (Å²) in [4.78, 5) is 34.1. The number of hydrogen-bond acceptors (Lipinski definition) is 3. The number of rotatable bonds is 5. The second-order valence-electron chi connectivity index (χ2n) is 6.09. The summed E-state index contributed by atoms with van der Waals surface area (Å²) in [5, 5.41) is 7.69. The third-order valence-electron chi connectivity index (χ3n) is 3.82. The predicted octanol–water partition coefficient (Wildman–Crippen LogP) is 1.37. The first kappa shape index (κ1) is 20.5. The van der Waals surface area contributed by atoms with Gasteiger partial charge in [-0.25, -0.2) is 4.79 Å². The topological polar surface area (TPSA) is 113 Å². The number of nitrogens with two attached hydrogens (primary N) is 1. The monoisotopic (exact) mass is 378 g/mol. The van der Waals surface area contributed by atoms with Crippen LogP contribution in [0.15, 0.2) is 48.5 Å². The van der Waals surface area contributed by atoms with Gasteiger partial charge in [0.15, 0.2) is 0 Å². The molecule has 0 saturated carbocycles. The number of urea groups is 1. The number of carbonyl (C=O) groups excluding carboxylic acids is 3. The molecule has 0 heterocycles. The van der Waals surface area contributed by atoms with Crippen molar-refractivity contribution in [3.05, 3.63) is 65.2 Å². The summed E-state index contributed by atoms with van der Waals surface area (Å²) in [5.41, 5.74) is 8.12. The van der Waals surface area contributed by atoms with Gasteiger partial charge in [-0.05, 0) is 35.9 Å². The Morgan fingerprint density at radius 2 is 1.71 bits per heavy atom. The van der Waals surface area contributed by atoms with Gasteiger partial charge in [0.25, 0.3) is 0 Å². The largest absolute Gasteiger partial charge is 0.357 e. The molecular weight excluding hydrogens is 356 g/mol. The van der Waals surface area contributed by atoms with Crippen molar-refractivity contribution >= 4 is 23.5 Å². The fourth-order valence-electron chi connectivity index (χ4n) is 2.55. The van der Waals surface area contributed by atoms with E-state index >= 15 is 0 Å². The molecule has 144 valence electrons. The maximum Gasteiger partial charge on any atom is 0.316 e. The van der Waals surface area contributed by atoms with Gasteiger partial charge in [-0.1, -0.05) is 30.0 Å². The SMILES string of the molecule is CNC(=O)C(Cc1ccc(C#Cc2cccc(NC(N)=O)c2)cc1)NC(C)=O. The molecule has 0 spiro atoms. The number of hydrogen-bond donors (Lipinski definition) is 4. The fourth-order valence-corrected chi connectivity index (χ4v) is 2.55. The van der Waals surface area contributed by atoms with Crippen LogP contribution in [0.1, 0.15) is 23.6 Å². The Morgan fingerprint density at radius 1 is 1.04 bits per heavy atom. The summed E-state index contributed by atoms with van der Waals surface area (Å²) < 4.78 is 0. The van der Waals surface area contributed by atoms with Gasteiger partial charge in [-0.3, -0.25) is 9.59 Å². The fraction of sp³-hybridized carbons (Fsp3) is 0.190. The number of likely N-dealkylation sites (N-methyl/N-ethyl adjacent to an activating group) is 1. The molecule has 0 aromatic heterocycles. The van der Waals surface area contributed by atoms with Crippen LogP contribution < -0.4 is 21.7 Å². The molecule has 0 radical (unpaired) electrons. The number of benzene rings is 2. The number of nitrogens with one attached hydrogen (secondary N) is 3. The van der Waals surface area contributed by atoms with Crippen molar-refractivity contribution < 1.29 is 14.4 Å². The average molecular weight is 378 g/mol. The lowest BCUT2D eigenvalue weighted by atomic mass is 10.0. The van der Waals surface area contributed by atoms with Gasteiger partial charge in [0.1, 0.15) is 6.04 Å². The zero-order valence-electron chi connectivity index (χ0n) is 15.7. The van der Waals surface area contributed by atoms with Crippen molar-refractivity contribution in [1.29, 1.82) is 0 Å². The Bertz CT molecular complexity index is 927. The third kappa shape index (κ3) is 6.50. The molecule has 0 bridgehead atoms. The van der Waals surface area contributed by atoms with E-state index in [1.165, 1.54) is 14.0 Å². The van der Waals surface area contributed by atoms with E-state index in [0.717, 1.165) is 16.7 Å². The first-order valence-corrected chi connectivity index (χ1v) is 8.63. The van der Waals surface area contributed by atoms with Crippen molar-refractivity contribution in [3.8, 4) is 11.8 Å². The molecule has 28 heavy (non-hydrogen) atoms. The summed E-state index contributed by atoms with van der Waals surface area (Å²) in [6.45, 7) is 1.38. The molecule has 0 aliphatic rings. The molecule has 5 N–H and O–H groups in total. The summed E-state index contributed by atoms with van der Waals surface area (Å²) >= 11 is 0. The summed E-state index contributed by atoms with van der Waals surface area (Å²) in [6.07, 6.45) is 0.383. The van der Waals surface area contributed by atoms with Gasteiger partial charge >= 0.3 is 6.03 Å². The molecule has 0 fully saturated rings. The van der Waals surface area contributed by atoms with E-state index in [4.69, 9.17) is 5.73 Å². The predicted molar refractivity (Wildman–Crippen MR) is 107 cm³/mol. The Labute approximate surface area is 163 Å². The quantitative estimate of drug-likeness (QED) is 0.589. The van der Waals surface area contributed by atoms with Gasteiger partial charge in [0.2, 0.25) is 11.8 Å². The minimum Gasteiger partial charge on any atom is -0.357 e. The molecule has 0 aliphatic carbocycles. The van der Waals surface area contributed by atoms with E-state index in [-0.39, 0.29) is 11.8 Å². The van der Waals surface area contributed by atoms with Crippen molar-refractivity contribution in [2.75, 3.05) is 12.4 Å². The van der Waals surface area contributed by atoms with Crippen LogP contribution in [-0.4, -0.2) is 30.9 Å². The van der Waals surface area contributed by atoms with Gasteiger partial charge in [0.05, 0.1) is 0 Å². The van der Waals surface area contributed by atoms with E-state index < -0.39 is 12.1 Å². The van der Waals surface area contributed by atoms with Crippen molar-refractivity contribution in [1.82, 2.24) is 10.6 Å². The first-order valence-electron chi connectivity index (χ1n) is 8.63. The van der Waals surface area contributed by atoms with Crippen molar-refractivity contribution in [2.45, 2.75) is 19.4 Å². The molecule has 1 atom stereocenters. The molecule has 1 unspecified atom stereocenters. The van der Waals surface area contributed by atoms with Gasteiger partial charge < -0.3 is 21.7 Å². The normalized spacial score (nSPS) is 10.8. The van der Waals surface area contributed by atoms with Crippen molar-refractivity contribution in [3.63, 3.8) is 0 Å². The van der Waals surface area contributed by atoms with Crippen molar-refractivity contribution in [2.24, 2.45) is 5.73 Å². The summed E-state index contributed by atoms with van der Waals surface area (Å²) in [5.74, 6) is 5.56. The number of amides is 4. The second-order valence-corrected chi connectivity index (χ2v) is 6.09. The Kier molecular flexibility index (Phi) is 7.17. The van der Waals surface area contributed by atoms with Crippen LogP contribution in [0.5, 0.6) is 0 Å². The maximum atomic E-state index is 11.9.